The van der Waals surface area contributed by atoms with E-state index in [0.29, 0.717) is 39.5 Å². The summed E-state index contributed by atoms with van der Waals surface area (Å²) in [6.45, 7) is 6.05. The Labute approximate surface area is 262 Å². The van der Waals surface area contributed by atoms with E-state index in [9.17, 15) is 9.59 Å². The van der Waals surface area contributed by atoms with Gasteiger partial charge in [-0.05, 0) is 80.4 Å². The third-order valence-electron chi connectivity index (χ3n) is 7.44. The maximum atomic E-state index is 12.9. The molecule has 1 fully saturated rings. The molecule has 0 bridgehead atoms. The Balaban J connectivity index is 1.13. The normalized spacial score (nSPS) is 13.3. The highest BCUT2D eigenvalue weighted by atomic mass is 32.1. The molecule has 1 saturated heterocycles. The summed E-state index contributed by atoms with van der Waals surface area (Å²) in [5.74, 6) is 0.661. The van der Waals surface area contributed by atoms with Crippen molar-refractivity contribution >= 4 is 34.1 Å². The zero-order chi connectivity index (χ0) is 30.7. The number of hydrogen-bond acceptors (Lipinski definition) is 7. The van der Waals surface area contributed by atoms with Crippen molar-refractivity contribution in [3.63, 3.8) is 0 Å². The van der Waals surface area contributed by atoms with Crippen LogP contribution >= 0.6 is 11.3 Å². The average Bonchev–Trinajstić information content (AvgIpc) is 3.70. The Morgan fingerprint density at radius 2 is 1.80 bits per heavy atom. The first-order chi connectivity index (χ1) is 21.5. The minimum Gasteiger partial charge on any atom is -0.493 e. The fourth-order valence-electron chi connectivity index (χ4n) is 5.08. The molecule has 44 heavy (non-hydrogen) atoms. The van der Waals surface area contributed by atoms with Crippen LogP contribution in [-0.2, 0) is 6.54 Å². The van der Waals surface area contributed by atoms with Gasteiger partial charge >= 0.3 is 6.03 Å². The molecule has 3 heterocycles. The predicted molar refractivity (Wildman–Crippen MR) is 175 cm³/mol. The molecule has 0 unspecified atom stereocenters. The number of thiazole rings is 1. The van der Waals surface area contributed by atoms with Crippen molar-refractivity contribution in [2.75, 3.05) is 37.4 Å². The van der Waals surface area contributed by atoms with Gasteiger partial charge < -0.3 is 24.7 Å². The van der Waals surface area contributed by atoms with Gasteiger partial charge in [0.2, 0.25) is 5.06 Å². The summed E-state index contributed by atoms with van der Waals surface area (Å²) in [5, 5.41) is 9.40. The molecule has 2 aromatic carbocycles. The summed E-state index contributed by atoms with van der Waals surface area (Å²) >= 11 is 1.21. The number of nitrogens with zero attached hydrogens (tertiary/aromatic N) is 3. The Hall–Kier alpha value is -4.35. The summed E-state index contributed by atoms with van der Waals surface area (Å²) in [7, 11) is 1.53. The van der Waals surface area contributed by atoms with Crippen LogP contribution in [0.15, 0.2) is 67.1 Å². The lowest BCUT2D eigenvalue weighted by Crippen LogP contribution is -2.29. The number of amides is 3. The topological polar surface area (TPSA) is 110 Å². The number of aromatic nitrogens is 2. The highest BCUT2D eigenvalue weighted by molar-refractivity contribution is 7.17. The first-order valence-corrected chi connectivity index (χ1v) is 16.0. The first kappa shape index (κ1) is 31.1. The van der Waals surface area contributed by atoms with Crippen LogP contribution < -0.4 is 25.4 Å². The molecule has 232 valence electrons. The highest BCUT2D eigenvalue weighted by Gasteiger charge is 2.14. The van der Waals surface area contributed by atoms with Gasteiger partial charge in [0.1, 0.15) is 0 Å². The Kier molecular flexibility index (Phi) is 10.9. The standard InChI is InChI=1S/C33H40N6O4S/c1-3-4-6-16-34-32(41)36-26-11-14-28(29(20-26)42-2)43-30-21-35-33(44-30)37-31(40)25-9-12-27(13-10-25)39-19-15-24(23-39)22-38-17-7-5-8-18-38/h9-15,19-21,23H,3-8,16-18,22H2,1-2H3,(H2,34,36,41)(H,35,37,40). The van der Waals surface area contributed by atoms with E-state index in [-0.39, 0.29) is 11.9 Å². The van der Waals surface area contributed by atoms with E-state index in [1.807, 2.05) is 24.3 Å². The lowest BCUT2D eigenvalue weighted by molar-refractivity contribution is 0.102. The van der Waals surface area contributed by atoms with Crippen LogP contribution in [0.5, 0.6) is 16.6 Å². The molecular formula is C33H40N6O4S. The largest absolute Gasteiger partial charge is 0.493 e. The summed E-state index contributed by atoms with van der Waals surface area (Å²) in [6.07, 6.45) is 12.8. The molecule has 1 aliphatic heterocycles. The number of rotatable bonds is 13. The molecule has 5 rings (SSSR count). The van der Waals surface area contributed by atoms with Crippen LogP contribution in [0.2, 0.25) is 0 Å². The van der Waals surface area contributed by atoms with E-state index in [1.54, 1.807) is 24.4 Å². The smallest absolute Gasteiger partial charge is 0.319 e. The van der Waals surface area contributed by atoms with E-state index in [4.69, 9.17) is 9.47 Å². The number of methoxy groups -OCH3 is 1. The van der Waals surface area contributed by atoms with E-state index >= 15 is 0 Å². The van der Waals surface area contributed by atoms with Crippen LogP contribution in [0.1, 0.15) is 61.4 Å². The van der Waals surface area contributed by atoms with Gasteiger partial charge in [0.05, 0.1) is 13.3 Å². The van der Waals surface area contributed by atoms with E-state index in [1.165, 1.54) is 56.4 Å². The Morgan fingerprint density at radius 1 is 0.977 bits per heavy atom. The molecule has 0 radical (unpaired) electrons. The molecule has 0 spiro atoms. The van der Waals surface area contributed by atoms with E-state index < -0.39 is 0 Å². The fraction of sp³-hybridized carbons (Fsp3) is 0.364. The first-order valence-electron chi connectivity index (χ1n) is 15.2. The second-order valence-corrected chi connectivity index (χ2v) is 11.8. The van der Waals surface area contributed by atoms with Crippen LogP contribution in [0.3, 0.4) is 0 Å². The van der Waals surface area contributed by atoms with Crippen LogP contribution in [0.25, 0.3) is 5.69 Å². The SMILES string of the molecule is CCCCCNC(=O)Nc1ccc(Oc2cnc(NC(=O)c3ccc(-n4ccc(CN5CCCCC5)c4)cc3)s2)c(OC)c1. The lowest BCUT2D eigenvalue weighted by Gasteiger charge is -2.25. The fourth-order valence-corrected chi connectivity index (χ4v) is 5.76. The van der Waals surface area contributed by atoms with E-state index in [2.05, 4.69) is 55.8 Å². The van der Waals surface area contributed by atoms with Crippen molar-refractivity contribution < 1.29 is 19.1 Å². The molecular weight excluding hydrogens is 576 g/mol. The number of nitrogens with one attached hydrogen (secondary N) is 3. The number of likely N-dealkylation sites (tertiary alicyclic amines) is 1. The van der Waals surface area contributed by atoms with Gasteiger partial charge in [-0.3, -0.25) is 15.0 Å². The molecule has 11 heteroatoms. The molecule has 1 aliphatic rings. The van der Waals surface area contributed by atoms with Crippen molar-refractivity contribution in [3.8, 4) is 22.2 Å². The van der Waals surface area contributed by atoms with Crippen molar-refractivity contribution in [1.29, 1.82) is 0 Å². The zero-order valence-electron chi connectivity index (χ0n) is 25.3. The summed E-state index contributed by atoms with van der Waals surface area (Å²) < 4.78 is 13.5. The maximum Gasteiger partial charge on any atom is 0.319 e. The molecule has 10 nitrogen and oxygen atoms in total. The summed E-state index contributed by atoms with van der Waals surface area (Å²) in [4.78, 5) is 31.9. The third kappa shape index (κ3) is 8.61. The number of hydrogen-bond donors (Lipinski definition) is 3. The predicted octanol–water partition coefficient (Wildman–Crippen LogP) is 7.28. The van der Waals surface area contributed by atoms with Crippen LogP contribution in [-0.4, -0.2) is 53.1 Å². The second kappa shape index (κ2) is 15.4. The molecule has 2 aromatic heterocycles. The maximum absolute atomic E-state index is 12.9. The van der Waals surface area contributed by atoms with Gasteiger partial charge in [-0.2, -0.15) is 0 Å². The average molecular weight is 617 g/mol. The van der Waals surface area contributed by atoms with Gasteiger partial charge in [0.15, 0.2) is 16.6 Å². The number of carbonyl (C=O) groups excluding carboxylic acids is 2. The van der Waals surface area contributed by atoms with Crippen LogP contribution in [0.4, 0.5) is 15.6 Å². The van der Waals surface area contributed by atoms with Crippen molar-refractivity contribution in [2.45, 2.75) is 52.0 Å². The van der Waals surface area contributed by atoms with E-state index in [0.717, 1.165) is 31.5 Å². The van der Waals surface area contributed by atoms with Crippen molar-refractivity contribution in [1.82, 2.24) is 19.8 Å². The number of piperidine rings is 1. The number of unbranched alkanes of at least 4 members (excludes halogenated alkanes) is 2. The molecule has 0 aliphatic carbocycles. The minimum absolute atomic E-state index is 0.253. The summed E-state index contributed by atoms with van der Waals surface area (Å²) in [5.41, 5.74) is 3.41. The van der Waals surface area contributed by atoms with Gasteiger partial charge in [0, 0.05) is 48.5 Å². The second-order valence-electron chi connectivity index (χ2n) is 10.8. The van der Waals surface area contributed by atoms with Crippen LogP contribution in [0, 0.1) is 0 Å². The van der Waals surface area contributed by atoms with Gasteiger partial charge in [-0.25, -0.2) is 9.78 Å². The Bertz CT molecular complexity index is 1530. The third-order valence-corrected chi connectivity index (χ3v) is 8.23. The number of anilines is 2. The van der Waals surface area contributed by atoms with Gasteiger partial charge in [0.25, 0.3) is 5.91 Å². The number of carbonyl (C=O) groups is 2. The van der Waals surface area contributed by atoms with Crippen molar-refractivity contribution in [3.05, 3.63) is 78.2 Å². The lowest BCUT2D eigenvalue weighted by atomic mass is 10.1. The molecule has 4 aromatic rings. The minimum atomic E-state index is -0.267. The van der Waals surface area contributed by atoms with Crippen molar-refractivity contribution in [2.24, 2.45) is 0 Å². The Morgan fingerprint density at radius 3 is 2.57 bits per heavy atom. The van der Waals surface area contributed by atoms with Gasteiger partial charge in [-0.15, -0.1) is 0 Å². The molecule has 3 amide bonds. The molecule has 3 N–H and O–H groups in total. The number of urea groups is 1. The molecule has 0 saturated carbocycles. The van der Waals surface area contributed by atoms with Gasteiger partial charge in [-0.1, -0.05) is 37.5 Å². The monoisotopic (exact) mass is 616 g/mol. The zero-order valence-corrected chi connectivity index (χ0v) is 26.1. The quantitative estimate of drug-likeness (QED) is 0.136. The highest BCUT2D eigenvalue weighted by Crippen LogP contribution is 2.37. The number of benzene rings is 2. The summed E-state index contributed by atoms with van der Waals surface area (Å²) in [6, 6.07) is 14.5. The molecule has 0 atom stereocenters. The number of ether oxygens (including phenoxy) is 2.